The van der Waals surface area contributed by atoms with Crippen LogP contribution in [-0.4, -0.2) is 11.1 Å². The van der Waals surface area contributed by atoms with Crippen LogP contribution in [0.4, 0.5) is 0 Å². The van der Waals surface area contributed by atoms with Crippen LogP contribution >= 0.6 is 11.6 Å². The maximum absolute atomic E-state index is 10.6. The van der Waals surface area contributed by atoms with E-state index in [4.69, 9.17) is 26.7 Å². The van der Waals surface area contributed by atoms with E-state index >= 15 is 0 Å². The molecule has 0 aliphatic carbocycles. The number of carboxylic acid groups (broad SMARTS) is 1. The minimum atomic E-state index is -1.06. The van der Waals surface area contributed by atoms with Crippen molar-refractivity contribution >= 4 is 23.6 Å². The second-order valence-corrected chi connectivity index (χ2v) is 4.53. The van der Waals surface area contributed by atoms with E-state index in [1.807, 2.05) is 6.07 Å². The third-order valence-corrected chi connectivity index (χ3v) is 2.82. The monoisotopic (exact) mass is 299 g/mol. The predicted molar refractivity (Wildman–Crippen MR) is 79.4 cm³/mol. The molecular formula is C16H10ClNO3. The summed E-state index contributed by atoms with van der Waals surface area (Å²) in [5, 5.41) is 17.9. The van der Waals surface area contributed by atoms with Crippen molar-refractivity contribution < 1.29 is 14.6 Å². The van der Waals surface area contributed by atoms with Crippen molar-refractivity contribution in [3.63, 3.8) is 0 Å². The number of halogens is 1. The third kappa shape index (κ3) is 4.10. The van der Waals surface area contributed by atoms with Crippen molar-refractivity contribution in [1.29, 1.82) is 5.26 Å². The lowest BCUT2D eigenvalue weighted by Crippen LogP contribution is -1.90. The number of aliphatic carboxylic acids is 1. The number of carbonyl (C=O) groups is 1. The van der Waals surface area contributed by atoms with Gasteiger partial charge in [0.05, 0.1) is 11.6 Å². The lowest BCUT2D eigenvalue weighted by Gasteiger charge is -2.09. The van der Waals surface area contributed by atoms with Gasteiger partial charge in [0, 0.05) is 16.7 Å². The van der Waals surface area contributed by atoms with E-state index in [9.17, 15) is 4.79 Å². The highest BCUT2D eigenvalue weighted by molar-refractivity contribution is 6.30. The van der Waals surface area contributed by atoms with E-state index in [1.54, 1.807) is 42.5 Å². The maximum Gasteiger partial charge on any atom is 0.328 e. The second kappa shape index (κ2) is 6.60. The Hall–Kier alpha value is -2.77. The van der Waals surface area contributed by atoms with Crippen LogP contribution in [0.3, 0.4) is 0 Å². The molecule has 0 heterocycles. The first-order valence-corrected chi connectivity index (χ1v) is 6.35. The molecule has 2 aromatic rings. The molecule has 0 aromatic heterocycles. The van der Waals surface area contributed by atoms with Gasteiger partial charge in [0.2, 0.25) is 0 Å². The highest BCUT2D eigenvalue weighted by atomic mass is 35.5. The van der Waals surface area contributed by atoms with Crippen LogP contribution in [0.15, 0.2) is 48.5 Å². The smallest absolute Gasteiger partial charge is 0.328 e. The number of benzene rings is 2. The molecule has 0 fully saturated rings. The van der Waals surface area contributed by atoms with Gasteiger partial charge in [-0.15, -0.1) is 0 Å². The topological polar surface area (TPSA) is 70.3 Å². The number of rotatable bonds is 4. The Labute approximate surface area is 126 Å². The average Bonchev–Trinajstić information content (AvgIpc) is 2.48. The van der Waals surface area contributed by atoms with Gasteiger partial charge in [-0.3, -0.25) is 0 Å². The van der Waals surface area contributed by atoms with Gasteiger partial charge in [-0.25, -0.2) is 4.79 Å². The molecule has 0 amide bonds. The summed E-state index contributed by atoms with van der Waals surface area (Å²) in [6.45, 7) is 0. The van der Waals surface area contributed by atoms with Crippen molar-refractivity contribution in [2.75, 3.05) is 0 Å². The lowest BCUT2D eigenvalue weighted by molar-refractivity contribution is -0.131. The standard InChI is InChI=1S/C16H10ClNO3/c17-13-4-7-15(12(9-13)3-8-16(19)20)21-14-5-1-11(10-18)2-6-14/h1-9H,(H,19,20)/b8-3+. The van der Waals surface area contributed by atoms with Gasteiger partial charge >= 0.3 is 5.97 Å². The van der Waals surface area contributed by atoms with Crippen LogP contribution in [0.2, 0.25) is 5.02 Å². The number of hydrogen-bond acceptors (Lipinski definition) is 3. The Morgan fingerprint density at radius 2 is 1.95 bits per heavy atom. The molecule has 0 saturated heterocycles. The highest BCUT2D eigenvalue weighted by Crippen LogP contribution is 2.29. The van der Waals surface area contributed by atoms with Gasteiger partial charge in [-0.05, 0) is 48.5 Å². The minimum absolute atomic E-state index is 0.474. The summed E-state index contributed by atoms with van der Waals surface area (Å²) in [5.74, 6) is -0.0396. The van der Waals surface area contributed by atoms with E-state index in [2.05, 4.69) is 0 Å². The second-order valence-electron chi connectivity index (χ2n) is 4.09. The zero-order chi connectivity index (χ0) is 15.2. The lowest BCUT2D eigenvalue weighted by atomic mass is 10.2. The largest absolute Gasteiger partial charge is 0.478 e. The Balaban J connectivity index is 2.30. The van der Waals surface area contributed by atoms with E-state index in [0.29, 0.717) is 27.6 Å². The van der Waals surface area contributed by atoms with Gasteiger partial charge < -0.3 is 9.84 Å². The third-order valence-electron chi connectivity index (χ3n) is 2.59. The number of carboxylic acids is 1. The van der Waals surface area contributed by atoms with E-state index in [-0.39, 0.29) is 0 Å². The molecule has 4 nitrogen and oxygen atoms in total. The zero-order valence-electron chi connectivity index (χ0n) is 10.8. The summed E-state index contributed by atoms with van der Waals surface area (Å²) >= 11 is 5.90. The molecule has 0 saturated carbocycles. The van der Waals surface area contributed by atoms with E-state index in [0.717, 1.165) is 6.08 Å². The number of hydrogen-bond donors (Lipinski definition) is 1. The molecule has 2 aromatic carbocycles. The summed E-state index contributed by atoms with van der Waals surface area (Å²) in [6, 6.07) is 13.5. The molecule has 5 heteroatoms. The van der Waals surface area contributed by atoms with Gasteiger partial charge in [-0.2, -0.15) is 5.26 Å². The number of nitriles is 1. The number of ether oxygens (including phenoxy) is 1. The average molecular weight is 300 g/mol. The summed E-state index contributed by atoms with van der Waals surface area (Å²) in [4.78, 5) is 10.6. The van der Waals surface area contributed by atoms with Crippen LogP contribution < -0.4 is 4.74 Å². The first kappa shape index (κ1) is 14.6. The van der Waals surface area contributed by atoms with Crippen molar-refractivity contribution in [3.8, 4) is 17.6 Å². The highest BCUT2D eigenvalue weighted by Gasteiger charge is 2.05. The first-order chi connectivity index (χ1) is 10.1. The fraction of sp³-hybridized carbons (Fsp3) is 0. The fourth-order valence-electron chi connectivity index (χ4n) is 1.63. The minimum Gasteiger partial charge on any atom is -0.478 e. The first-order valence-electron chi connectivity index (χ1n) is 5.97. The van der Waals surface area contributed by atoms with Crippen molar-refractivity contribution in [2.45, 2.75) is 0 Å². The van der Waals surface area contributed by atoms with E-state index in [1.165, 1.54) is 6.08 Å². The Morgan fingerprint density at radius 3 is 2.57 bits per heavy atom. The Kier molecular flexibility index (Phi) is 4.60. The van der Waals surface area contributed by atoms with Gasteiger partial charge in [0.15, 0.2) is 0 Å². The number of nitrogens with zero attached hydrogens (tertiary/aromatic N) is 1. The SMILES string of the molecule is N#Cc1ccc(Oc2ccc(Cl)cc2/C=C/C(=O)O)cc1. The van der Waals surface area contributed by atoms with Crippen molar-refractivity contribution in [2.24, 2.45) is 0 Å². The van der Waals surface area contributed by atoms with Crippen LogP contribution in [0.1, 0.15) is 11.1 Å². The molecule has 0 aliphatic heterocycles. The van der Waals surface area contributed by atoms with Crippen LogP contribution in [0.25, 0.3) is 6.08 Å². The summed E-state index contributed by atoms with van der Waals surface area (Å²) in [6.07, 6.45) is 2.42. The summed E-state index contributed by atoms with van der Waals surface area (Å²) < 4.78 is 5.68. The zero-order valence-corrected chi connectivity index (χ0v) is 11.5. The predicted octanol–water partition coefficient (Wildman–Crippen LogP) is 4.10. The normalized spacial score (nSPS) is 10.3. The van der Waals surface area contributed by atoms with Gasteiger partial charge in [0.25, 0.3) is 0 Å². The molecule has 0 bridgehead atoms. The van der Waals surface area contributed by atoms with Crippen LogP contribution in [0.5, 0.6) is 11.5 Å². The molecule has 0 spiro atoms. The van der Waals surface area contributed by atoms with Crippen LogP contribution in [0, 0.1) is 11.3 Å². The van der Waals surface area contributed by atoms with E-state index < -0.39 is 5.97 Å². The Bertz CT molecular complexity index is 730. The molecule has 0 radical (unpaired) electrons. The quantitative estimate of drug-likeness (QED) is 0.863. The summed E-state index contributed by atoms with van der Waals surface area (Å²) in [7, 11) is 0. The molecule has 1 N–H and O–H groups in total. The molecule has 104 valence electrons. The fourth-order valence-corrected chi connectivity index (χ4v) is 1.81. The Morgan fingerprint density at radius 1 is 1.24 bits per heavy atom. The molecule has 0 aliphatic rings. The molecular weight excluding hydrogens is 290 g/mol. The molecule has 2 rings (SSSR count). The molecule has 0 unspecified atom stereocenters. The van der Waals surface area contributed by atoms with Gasteiger partial charge in [-0.1, -0.05) is 11.6 Å². The van der Waals surface area contributed by atoms with Crippen LogP contribution in [-0.2, 0) is 4.79 Å². The molecule has 0 atom stereocenters. The maximum atomic E-state index is 10.6. The van der Waals surface area contributed by atoms with Crippen molar-refractivity contribution in [3.05, 3.63) is 64.7 Å². The summed E-state index contributed by atoms with van der Waals surface area (Å²) in [5.41, 5.74) is 1.08. The molecule has 21 heavy (non-hydrogen) atoms. The van der Waals surface area contributed by atoms with Gasteiger partial charge in [0.1, 0.15) is 11.5 Å². The van der Waals surface area contributed by atoms with Crippen molar-refractivity contribution in [1.82, 2.24) is 0 Å².